The SMILES string of the molecule is COc1cc2c(cc1OC)CN(Cc1ccc(C(=O)N3CCN(Cc4ccccc4)CC3)o1)CC2. The van der Waals surface area contributed by atoms with Crippen LogP contribution in [-0.4, -0.2) is 67.6 Å². The molecule has 1 amide bonds. The van der Waals surface area contributed by atoms with E-state index in [2.05, 4.69) is 46.2 Å². The van der Waals surface area contributed by atoms with Crippen LogP contribution < -0.4 is 9.47 Å². The molecule has 7 nitrogen and oxygen atoms in total. The molecule has 0 bridgehead atoms. The van der Waals surface area contributed by atoms with Gasteiger partial charge < -0.3 is 18.8 Å². The van der Waals surface area contributed by atoms with E-state index >= 15 is 0 Å². The monoisotopic (exact) mass is 475 g/mol. The Hall–Kier alpha value is -3.29. The van der Waals surface area contributed by atoms with Gasteiger partial charge in [0.1, 0.15) is 5.76 Å². The van der Waals surface area contributed by atoms with E-state index in [1.54, 1.807) is 14.2 Å². The number of ether oxygens (including phenoxy) is 2. The van der Waals surface area contributed by atoms with Crippen molar-refractivity contribution >= 4 is 5.91 Å². The fourth-order valence-corrected chi connectivity index (χ4v) is 4.98. The van der Waals surface area contributed by atoms with Gasteiger partial charge in [0.15, 0.2) is 17.3 Å². The van der Waals surface area contributed by atoms with Crippen LogP contribution >= 0.6 is 0 Å². The summed E-state index contributed by atoms with van der Waals surface area (Å²) in [6.07, 6.45) is 0.940. The van der Waals surface area contributed by atoms with Gasteiger partial charge >= 0.3 is 0 Å². The molecule has 0 radical (unpaired) electrons. The zero-order valence-corrected chi connectivity index (χ0v) is 20.5. The molecule has 5 rings (SSSR count). The molecular formula is C28H33N3O4. The fourth-order valence-electron chi connectivity index (χ4n) is 4.98. The van der Waals surface area contributed by atoms with E-state index in [9.17, 15) is 4.79 Å². The van der Waals surface area contributed by atoms with Crippen LogP contribution in [0.15, 0.2) is 59.0 Å². The summed E-state index contributed by atoms with van der Waals surface area (Å²) in [6, 6.07) is 18.4. The zero-order valence-electron chi connectivity index (χ0n) is 20.5. The third-order valence-corrected chi connectivity index (χ3v) is 6.96. The number of hydrogen-bond acceptors (Lipinski definition) is 6. The Morgan fingerprint density at radius 3 is 2.26 bits per heavy atom. The molecule has 2 aromatic carbocycles. The predicted octanol–water partition coefficient (Wildman–Crippen LogP) is 3.81. The third-order valence-electron chi connectivity index (χ3n) is 6.96. The first-order chi connectivity index (χ1) is 17.1. The van der Waals surface area contributed by atoms with Gasteiger partial charge in [-0.2, -0.15) is 0 Å². The molecule has 184 valence electrons. The van der Waals surface area contributed by atoms with Crippen LogP contribution in [-0.2, 0) is 26.1 Å². The minimum Gasteiger partial charge on any atom is -0.493 e. The van der Waals surface area contributed by atoms with E-state index in [0.717, 1.165) is 69.5 Å². The number of piperazine rings is 1. The van der Waals surface area contributed by atoms with Crippen LogP contribution in [0.4, 0.5) is 0 Å². The van der Waals surface area contributed by atoms with Crippen molar-refractivity contribution in [3.8, 4) is 11.5 Å². The van der Waals surface area contributed by atoms with Gasteiger partial charge in [-0.3, -0.25) is 14.6 Å². The molecule has 0 unspecified atom stereocenters. The number of nitrogens with zero attached hydrogens (tertiary/aromatic N) is 3. The van der Waals surface area contributed by atoms with Gasteiger partial charge in [0, 0.05) is 45.8 Å². The smallest absolute Gasteiger partial charge is 0.289 e. The number of hydrogen-bond donors (Lipinski definition) is 0. The molecule has 0 atom stereocenters. The van der Waals surface area contributed by atoms with E-state index in [4.69, 9.17) is 13.9 Å². The molecule has 2 aliphatic rings. The lowest BCUT2D eigenvalue weighted by Gasteiger charge is -2.34. The second-order valence-corrected chi connectivity index (χ2v) is 9.26. The van der Waals surface area contributed by atoms with Crippen LogP contribution in [0.25, 0.3) is 0 Å². The van der Waals surface area contributed by atoms with Crippen molar-refractivity contribution in [1.82, 2.24) is 14.7 Å². The summed E-state index contributed by atoms with van der Waals surface area (Å²) in [6.45, 7) is 6.51. The maximum atomic E-state index is 13.0. The summed E-state index contributed by atoms with van der Waals surface area (Å²) in [4.78, 5) is 19.7. The van der Waals surface area contributed by atoms with Crippen LogP contribution in [0.2, 0.25) is 0 Å². The van der Waals surface area contributed by atoms with E-state index in [0.29, 0.717) is 12.3 Å². The second kappa shape index (κ2) is 10.5. The Balaban J connectivity index is 1.15. The quantitative estimate of drug-likeness (QED) is 0.518. The number of benzene rings is 2. The summed E-state index contributed by atoms with van der Waals surface area (Å²) >= 11 is 0. The van der Waals surface area contributed by atoms with Crippen molar-refractivity contribution < 1.29 is 18.7 Å². The van der Waals surface area contributed by atoms with Crippen molar-refractivity contribution in [2.24, 2.45) is 0 Å². The average molecular weight is 476 g/mol. The summed E-state index contributed by atoms with van der Waals surface area (Å²) in [5, 5.41) is 0. The molecule has 0 saturated carbocycles. The number of fused-ring (bicyclic) bond motifs is 1. The van der Waals surface area contributed by atoms with Gasteiger partial charge in [-0.25, -0.2) is 0 Å². The fraction of sp³-hybridized carbons (Fsp3) is 0.393. The average Bonchev–Trinajstić information content (AvgIpc) is 3.37. The van der Waals surface area contributed by atoms with Crippen molar-refractivity contribution in [3.63, 3.8) is 0 Å². The van der Waals surface area contributed by atoms with Crippen LogP contribution in [0.5, 0.6) is 11.5 Å². The zero-order chi connectivity index (χ0) is 24.2. The van der Waals surface area contributed by atoms with E-state index in [1.165, 1.54) is 16.7 Å². The minimum atomic E-state index is -0.0172. The highest BCUT2D eigenvalue weighted by Gasteiger charge is 2.25. The lowest BCUT2D eigenvalue weighted by Crippen LogP contribution is -2.48. The molecular weight excluding hydrogens is 442 g/mol. The van der Waals surface area contributed by atoms with E-state index in [-0.39, 0.29) is 5.91 Å². The van der Waals surface area contributed by atoms with Crippen LogP contribution in [0.1, 0.15) is 33.0 Å². The molecule has 3 heterocycles. The predicted molar refractivity (Wildman–Crippen MR) is 134 cm³/mol. The Morgan fingerprint density at radius 2 is 1.54 bits per heavy atom. The number of furan rings is 1. The topological polar surface area (TPSA) is 58.4 Å². The normalized spacial score (nSPS) is 16.7. The van der Waals surface area contributed by atoms with Gasteiger partial charge in [0.05, 0.1) is 20.8 Å². The number of carbonyl (C=O) groups excluding carboxylic acids is 1. The summed E-state index contributed by atoms with van der Waals surface area (Å²) < 4.78 is 16.9. The van der Waals surface area contributed by atoms with Gasteiger partial charge in [-0.05, 0) is 47.4 Å². The van der Waals surface area contributed by atoms with Crippen molar-refractivity contribution in [2.45, 2.75) is 26.1 Å². The maximum Gasteiger partial charge on any atom is 0.289 e. The lowest BCUT2D eigenvalue weighted by atomic mass is 9.98. The second-order valence-electron chi connectivity index (χ2n) is 9.26. The molecule has 1 aromatic heterocycles. The van der Waals surface area contributed by atoms with Crippen molar-refractivity contribution in [2.75, 3.05) is 46.9 Å². The molecule has 0 spiro atoms. The summed E-state index contributed by atoms with van der Waals surface area (Å²) in [5.74, 6) is 2.76. The van der Waals surface area contributed by atoms with Gasteiger partial charge in [0.25, 0.3) is 5.91 Å². The Bertz CT molecular complexity index is 1150. The Labute approximate surface area is 206 Å². The van der Waals surface area contributed by atoms with Crippen molar-refractivity contribution in [1.29, 1.82) is 0 Å². The highest BCUT2D eigenvalue weighted by Crippen LogP contribution is 2.33. The number of methoxy groups -OCH3 is 2. The Morgan fingerprint density at radius 1 is 0.829 bits per heavy atom. The van der Waals surface area contributed by atoms with Gasteiger partial charge in [0.2, 0.25) is 0 Å². The number of rotatable bonds is 7. The largest absolute Gasteiger partial charge is 0.493 e. The molecule has 1 fully saturated rings. The van der Waals surface area contributed by atoms with Gasteiger partial charge in [-0.15, -0.1) is 0 Å². The molecule has 0 aliphatic carbocycles. The van der Waals surface area contributed by atoms with Crippen molar-refractivity contribution in [3.05, 3.63) is 82.8 Å². The van der Waals surface area contributed by atoms with Crippen LogP contribution in [0.3, 0.4) is 0 Å². The molecule has 0 N–H and O–H groups in total. The number of amides is 1. The first-order valence-corrected chi connectivity index (χ1v) is 12.2. The van der Waals surface area contributed by atoms with Gasteiger partial charge in [-0.1, -0.05) is 30.3 Å². The lowest BCUT2D eigenvalue weighted by molar-refractivity contribution is 0.0594. The molecule has 35 heavy (non-hydrogen) atoms. The standard InChI is InChI=1S/C28H33N3O4/c1-33-26-16-22-10-11-30(19-23(22)17-27(26)34-2)20-24-8-9-25(35-24)28(32)31-14-12-29(13-15-31)18-21-6-4-3-5-7-21/h3-9,16-17H,10-15,18-20H2,1-2H3. The molecule has 1 saturated heterocycles. The maximum absolute atomic E-state index is 13.0. The molecule has 2 aliphatic heterocycles. The summed E-state index contributed by atoms with van der Waals surface area (Å²) in [5.41, 5.74) is 3.84. The first kappa shape index (κ1) is 23.5. The first-order valence-electron chi connectivity index (χ1n) is 12.2. The highest BCUT2D eigenvalue weighted by atomic mass is 16.5. The molecule has 3 aromatic rings. The summed E-state index contributed by atoms with van der Waals surface area (Å²) in [7, 11) is 3.33. The van der Waals surface area contributed by atoms with E-state index in [1.807, 2.05) is 23.1 Å². The van der Waals surface area contributed by atoms with E-state index < -0.39 is 0 Å². The Kier molecular flexibility index (Phi) is 7.06. The number of carbonyl (C=O) groups is 1. The minimum absolute atomic E-state index is 0.0172. The third kappa shape index (κ3) is 5.36. The van der Waals surface area contributed by atoms with Crippen LogP contribution in [0, 0.1) is 0 Å². The molecule has 7 heteroatoms. The highest BCUT2D eigenvalue weighted by molar-refractivity contribution is 5.91.